The Morgan fingerprint density at radius 3 is 2.59 bits per heavy atom. The second kappa shape index (κ2) is 10.8. The summed E-state index contributed by atoms with van der Waals surface area (Å²) in [5.41, 5.74) is 3.44. The molecule has 12 heteroatoms. The highest BCUT2D eigenvalue weighted by Gasteiger charge is 2.27. The standard InChI is InChI=1S/C25H34ClN7O3S/c1-14(2)36-22-10-18(17-7-8-27-11-17)16(5)9-20(22)30-25-28-12-19(26)23(31-25)29-21-13-33(6)32-24(21)37(34,35)15(3)4/h9-10,12-15,17,27H,7-8,11H2,1-6H3,(H2,28,29,30,31). The molecule has 0 spiro atoms. The topological polar surface area (TPSA) is 123 Å². The maximum Gasteiger partial charge on any atom is 0.229 e. The van der Waals surface area contributed by atoms with Crippen LogP contribution in [0.4, 0.5) is 23.1 Å². The number of nitrogens with one attached hydrogen (secondary N) is 3. The van der Waals surface area contributed by atoms with Gasteiger partial charge in [-0.1, -0.05) is 11.6 Å². The number of nitrogens with zero attached hydrogens (tertiary/aromatic N) is 4. The minimum Gasteiger partial charge on any atom is -0.489 e. The van der Waals surface area contributed by atoms with Gasteiger partial charge in [0.05, 0.1) is 28.9 Å². The van der Waals surface area contributed by atoms with Crippen LogP contribution in [0.15, 0.2) is 29.6 Å². The predicted molar refractivity (Wildman–Crippen MR) is 146 cm³/mol. The van der Waals surface area contributed by atoms with Crippen molar-refractivity contribution in [1.82, 2.24) is 25.1 Å². The Morgan fingerprint density at radius 2 is 1.95 bits per heavy atom. The van der Waals surface area contributed by atoms with Crippen LogP contribution in [0, 0.1) is 6.92 Å². The van der Waals surface area contributed by atoms with Crippen molar-refractivity contribution in [3.8, 4) is 5.75 Å². The molecule has 0 radical (unpaired) electrons. The molecular formula is C25H34ClN7O3S. The molecule has 2 aromatic heterocycles. The molecule has 1 aromatic carbocycles. The molecule has 3 heterocycles. The van der Waals surface area contributed by atoms with Crippen LogP contribution < -0.4 is 20.7 Å². The number of aromatic nitrogens is 4. The molecule has 200 valence electrons. The Kier molecular flexibility index (Phi) is 7.96. The Hall–Kier alpha value is -2.89. The lowest BCUT2D eigenvalue weighted by molar-refractivity contribution is 0.243. The minimum absolute atomic E-state index is 0.0203. The highest BCUT2D eigenvalue weighted by Crippen LogP contribution is 2.37. The number of ether oxygens (including phenoxy) is 1. The molecule has 10 nitrogen and oxygen atoms in total. The van der Waals surface area contributed by atoms with E-state index in [1.54, 1.807) is 27.1 Å². The van der Waals surface area contributed by atoms with E-state index in [0.717, 1.165) is 30.8 Å². The second-order valence-corrected chi connectivity index (χ2v) is 12.6. The van der Waals surface area contributed by atoms with Gasteiger partial charge >= 0.3 is 0 Å². The summed E-state index contributed by atoms with van der Waals surface area (Å²) >= 11 is 6.38. The molecular weight excluding hydrogens is 514 g/mol. The molecule has 0 bridgehead atoms. The summed E-state index contributed by atoms with van der Waals surface area (Å²) in [7, 11) is -1.97. The van der Waals surface area contributed by atoms with Crippen molar-refractivity contribution >= 4 is 44.6 Å². The predicted octanol–water partition coefficient (Wildman–Crippen LogP) is 4.71. The molecule has 1 unspecified atom stereocenters. The maximum atomic E-state index is 12.8. The Labute approximate surface area is 223 Å². The Bertz CT molecular complexity index is 1380. The molecule has 37 heavy (non-hydrogen) atoms. The monoisotopic (exact) mass is 547 g/mol. The molecule has 1 aliphatic rings. The minimum atomic E-state index is -3.63. The van der Waals surface area contributed by atoms with Gasteiger partial charge in [-0.3, -0.25) is 4.68 Å². The largest absolute Gasteiger partial charge is 0.489 e. The highest BCUT2D eigenvalue weighted by molar-refractivity contribution is 7.92. The first-order valence-electron chi connectivity index (χ1n) is 12.3. The number of hydrogen-bond acceptors (Lipinski definition) is 9. The van der Waals surface area contributed by atoms with E-state index in [2.05, 4.69) is 44.0 Å². The summed E-state index contributed by atoms with van der Waals surface area (Å²) in [6.45, 7) is 11.2. The molecule has 0 amide bonds. The van der Waals surface area contributed by atoms with Gasteiger partial charge in [-0.15, -0.1) is 0 Å². The van der Waals surface area contributed by atoms with Gasteiger partial charge in [0.15, 0.2) is 5.82 Å². The fourth-order valence-electron chi connectivity index (χ4n) is 4.26. The number of anilines is 4. The van der Waals surface area contributed by atoms with Crippen LogP contribution in [0.25, 0.3) is 0 Å². The summed E-state index contributed by atoms with van der Waals surface area (Å²) in [6.07, 6.45) is 4.11. The average Bonchev–Trinajstić information content (AvgIpc) is 3.47. The molecule has 1 aliphatic heterocycles. The molecule has 4 rings (SSSR count). The summed E-state index contributed by atoms with van der Waals surface area (Å²) < 4.78 is 33.2. The fourth-order valence-corrected chi connectivity index (χ4v) is 5.50. The quantitative estimate of drug-likeness (QED) is 0.349. The van der Waals surface area contributed by atoms with Crippen molar-refractivity contribution in [2.24, 2.45) is 7.05 Å². The molecule has 3 N–H and O–H groups in total. The van der Waals surface area contributed by atoms with Crippen molar-refractivity contribution in [3.05, 3.63) is 40.7 Å². The first-order valence-corrected chi connectivity index (χ1v) is 14.2. The molecule has 0 aliphatic carbocycles. The van der Waals surface area contributed by atoms with Crippen molar-refractivity contribution < 1.29 is 13.2 Å². The van der Waals surface area contributed by atoms with Gasteiger partial charge in [0.25, 0.3) is 0 Å². The zero-order valence-electron chi connectivity index (χ0n) is 22.0. The van der Waals surface area contributed by atoms with E-state index in [4.69, 9.17) is 16.3 Å². The molecule has 3 aromatic rings. The summed E-state index contributed by atoms with van der Waals surface area (Å²) in [5.74, 6) is 1.70. The van der Waals surface area contributed by atoms with Gasteiger partial charge in [-0.2, -0.15) is 10.1 Å². The van der Waals surface area contributed by atoms with E-state index in [0.29, 0.717) is 11.7 Å². The van der Waals surface area contributed by atoms with E-state index in [1.165, 1.54) is 16.4 Å². The lowest BCUT2D eigenvalue weighted by Gasteiger charge is -2.20. The Balaban J connectivity index is 1.66. The van der Waals surface area contributed by atoms with Gasteiger partial charge < -0.3 is 20.7 Å². The van der Waals surface area contributed by atoms with E-state index in [9.17, 15) is 8.42 Å². The van der Waals surface area contributed by atoms with Gasteiger partial charge in [-0.25, -0.2) is 13.4 Å². The van der Waals surface area contributed by atoms with Crippen LogP contribution in [0.1, 0.15) is 51.2 Å². The molecule has 1 fully saturated rings. The zero-order chi connectivity index (χ0) is 26.9. The van der Waals surface area contributed by atoms with Crippen molar-refractivity contribution in [3.63, 3.8) is 0 Å². The zero-order valence-corrected chi connectivity index (χ0v) is 23.5. The third kappa shape index (κ3) is 6.00. The van der Waals surface area contributed by atoms with E-state index in [-0.39, 0.29) is 33.6 Å². The van der Waals surface area contributed by atoms with Crippen LogP contribution in [-0.4, -0.2) is 52.6 Å². The van der Waals surface area contributed by atoms with Crippen molar-refractivity contribution in [1.29, 1.82) is 0 Å². The van der Waals surface area contributed by atoms with Gasteiger partial charge in [-0.05, 0) is 76.8 Å². The number of hydrogen-bond donors (Lipinski definition) is 3. The third-order valence-electron chi connectivity index (χ3n) is 6.16. The lowest BCUT2D eigenvalue weighted by atomic mass is 9.93. The van der Waals surface area contributed by atoms with Crippen molar-refractivity contribution in [2.75, 3.05) is 23.7 Å². The lowest BCUT2D eigenvalue weighted by Crippen LogP contribution is -2.16. The van der Waals surface area contributed by atoms with Crippen molar-refractivity contribution in [2.45, 2.75) is 63.3 Å². The van der Waals surface area contributed by atoms with Crippen LogP contribution >= 0.6 is 11.6 Å². The SMILES string of the molecule is Cc1cc(Nc2ncc(Cl)c(Nc3cn(C)nc3S(=O)(=O)C(C)C)n2)c(OC(C)C)cc1C1CCNC1. The first-order chi connectivity index (χ1) is 17.5. The van der Waals surface area contributed by atoms with Crippen LogP contribution in [0.5, 0.6) is 5.75 Å². The summed E-state index contributed by atoms with van der Waals surface area (Å²) in [6, 6.07) is 4.15. The second-order valence-electron chi connectivity index (χ2n) is 9.82. The summed E-state index contributed by atoms with van der Waals surface area (Å²) in [4.78, 5) is 8.86. The maximum absolute atomic E-state index is 12.8. The van der Waals surface area contributed by atoms with Gasteiger partial charge in [0, 0.05) is 19.8 Å². The average molecular weight is 548 g/mol. The van der Waals surface area contributed by atoms with E-state index >= 15 is 0 Å². The van der Waals surface area contributed by atoms with Crippen LogP contribution in [-0.2, 0) is 16.9 Å². The molecule has 1 saturated heterocycles. The van der Waals surface area contributed by atoms with Crippen LogP contribution in [0.2, 0.25) is 5.02 Å². The number of aryl methyl sites for hydroxylation is 2. The third-order valence-corrected chi connectivity index (χ3v) is 8.52. The van der Waals surface area contributed by atoms with E-state index in [1.807, 2.05) is 19.9 Å². The Morgan fingerprint density at radius 1 is 1.19 bits per heavy atom. The molecule has 0 saturated carbocycles. The summed E-state index contributed by atoms with van der Waals surface area (Å²) in [5, 5.41) is 13.4. The van der Waals surface area contributed by atoms with E-state index < -0.39 is 15.1 Å². The fraction of sp³-hybridized carbons (Fsp3) is 0.480. The smallest absolute Gasteiger partial charge is 0.229 e. The van der Waals surface area contributed by atoms with Crippen LogP contribution in [0.3, 0.4) is 0 Å². The number of benzene rings is 1. The normalized spacial score (nSPS) is 16.0. The van der Waals surface area contributed by atoms with Gasteiger partial charge in [0.1, 0.15) is 10.8 Å². The highest BCUT2D eigenvalue weighted by atomic mass is 35.5. The number of sulfone groups is 1. The number of rotatable bonds is 9. The van der Waals surface area contributed by atoms with Gasteiger partial charge in [0.2, 0.25) is 20.8 Å². The number of halogens is 1. The molecule has 1 atom stereocenters. The first kappa shape index (κ1) is 27.2.